The smallest absolute Gasteiger partial charge is 0.279 e. The van der Waals surface area contributed by atoms with E-state index in [0.717, 1.165) is 38.8 Å². The van der Waals surface area contributed by atoms with Crippen molar-refractivity contribution in [2.45, 2.75) is 51.9 Å². The van der Waals surface area contributed by atoms with Crippen LogP contribution in [0.2, 0.25) is 0 Å². The van der Waals surface area contributed by atoms with Gasteiger partial charge in [-0.1, -0.05) is 26.2 Å². The number of hydrogen-bond donors (Lipinski definition) is 2. The molecule has 0 heterocycles. The van der Waals surface area contributed by atoms with Crippen LogP contribution in [0.4, 0.5) is 0 Å². The summed E-state index contributed by atoms with van der Waals surface area (Å²) in [5, 5.41) is 3.28. The Kier molecular flexibility index (Phi) is 8.68. The van der Waals surface area contributed by atoms with E-state index in [0.29, 0.717) is 19.0 Å². The van der Waals surface area contributed by atoms with Gasteiger partial charge in [-0.3, -0.25) is 0 Å². The lowest BCUT2D eigenvalue weighted by molar-refractivity contribution is 0.352. The summed E-state index contributed by atoms with van der Waals surface area (Å²) in [5.41, 5.74) is 0. The monoisotopic (exact) mass is 305 g/mol. The van der Waals surface area contributed by atoms with Crippen molar-refractivity contribution < 1.29 is 8.42 Å². The van der Waals surface area contributed by atoms with Gasteiger partial charge in [0.15, 0.2) is 0 Å². The zero-order chi connectivity index (χ0) is 14.8. The van der Waals surface area contributed by atoms with Crippen LogP contribution in [0.1, 0.15) is 51.9 Å². The van der Waals surface area contributed by atoms with Crippen molar-refractivity contribution in [2.24, 2.45) is 5.92 Å². The highest BCUT2D eigenvalue weighted by Crippen LogP contribution is 2.22. The summed E-state index contributed by atoms with van der Waals surface area (Å²) in [6.07, 6.45) is 8.06. The molecule has 1 saturated carbocycles. The summed E-state index contributed by atoms with van der Waals surface area (Å²) in [5.74, 6) is 0.526. The van der Waals surface area contributed by atoms with Gasteiger partial charge in [0.05, 0.1) is 0 Å². The van der Waals surface area contributed by atoms with Crippen molar-refractivity contribution in [1.29, 1.82) is 0 Å². The predicted molar refractivity (Wildman–Crippen MR) is 83.9 cm³/mol. The van der Waals surface area contributed by atoms with Crippen LogP contribution in [0, 0.1) is 5.92 Å². The highest BCUT2D eigenvalue weighted by atomic mass is 32.2. The van der Waals surface area contributed by atoms with E-state index in [-0.39, 0.29) is 0 Å². The van der Waals surface area contributed by atoms with Gasteiger partial charge in [-0.05, 0) is 44.7 Å². The van der Waals surface area contributed by atoms with Crippen molar-refractivity contribution in [1.82, 2.24) is 14.3 Å². The summed E-state index contributed by atoms with van der Waals surface area (Å²) in [4.78, 5) is 0. The SMILES string of the molecule is CCCNCCCN(C)S(=O)(=O)NCC1CCCCC1. The molecule has 1 aliphatic rings. The minimum atomic E-state index is -3.30. The van der Waals surface area contributed by atoms with Crippen LogP contribution in [0.3, 0.4) is 0 Å². The number of nitrogens with zero attached hydrogens (tertiary/aromatic N) is 1. The maximum atomic E-state index is 12.1. The first-order chi connectivity index (χ1) is 9.56. The zero-order valence-corrected chi connectivity index (χ0v) is 13.8. The number of rotatable bonds is 10. The van der Waals surface area contributed by atoms with Crippen molar-refractivity contribution in [3.63, 3.8) is 0 Å². The summed E-state index contributed by atoms with van der Waals surface area (Å²) >= 11 is 0. The Labute approximate surface area is 124 Å². The third kappa shape index (κ3) is 7.02. The fraction of sp³-hybridized carbons (Fsp3) is 1.00. The van der Waals surface area contributed by atoms with Crippen LogP contribution in [-0.4, -0.2) is 45.9 Å². The molecule has 0 aromatic rings. The Bertz CT molecular complexity index is 340. The van der Waals surface area contributed by atoms with Crippen LogP contribution in [0.15, 0.2) is 0 Å². The number of hydrogen-bond acceptors (Lipinski definition) is 3. The minimum Gasteiger partial charge on any atom is -0.317 e. The summed E-state index contributed by atoms with van der Waals surface area (Å²) in [6, 6.07) is 0. The van der Waals surface area contributed by atoms with Gasteiger partial charge in [0, 0.05) is 20.1 Å². The average molecular weight is 305 g/mol. The van der Waals surface area contributed by atoms with Crippen molar-refractivity contribution in [2.75, 3.05) is 33.2 Å². The Morgan fingerprint density at radius 1 is 1.15 bits per heavy atom. The second-order valence-electron chi connectivity index (χ2n) is 5.78. The fourth-order valence-corrected chi connectivity index (χ4v) is 3.61. The van der Waals surface area contributed by atoms with E-state index in [4.69, 9.17) is 0 Å². The van der Waals surface area contributed by atoms with Gasteiger partial charge in [-0.2, -0.15) is 12.7 Å². The van der Waals surface area contributed by atoms with Crippen LogP contribution in [0.5, 0.6) is 0 Å². The summed E-state index contributed by atoms with van der Waals surface area (Å²) < 4.78 is 28.4. The molecule has 1 fully saturated rings. The standard InChI is InChI=1S/C14H31N3O2S/c1-3-10-15-11-7-12-17(2)20(18,19)16-13-14-8-5-4-6-9-14/h14-16H,3-13H2,1-2H3. The molecule has 0 atom stereocenters. The molecule has 0 aromatic heterocycles. The van der Waals surface area contributed by atoms with E-state index in [9.17, 15) is 8.42 Å². The largest absolute Gasteiger partial charge is 0.317 e. The lowest BCUT2D eigenvalue weighted by Gasteiger charge is -2.24. The van der Waals surface area contributed by atoms with Gasteiger partial charge < -0.3 is 5.32 Å². The molecule has 0 aromatic carbocycles. The first-order valence-electron chi connectivity index (χ1n) is 7.98. The van der Waals surface area contributed by atoms with Crippen molar-refractivity contribution in [3.8, 4) is 0 Å². The molecular formula is C14H31N3O2S. The Morgan fingerprint density at radius 3 is 2.50 bits per heavy atom. The molecule has 0 radical (unpaired) electrons. The first-order valence-corrected chi connectivity index (χ1v) is 9.42. The van der Waals surface area contributed by atoms with Crippen LogP contribution in [-0.2, 0) is 10.2 Å². The predicted octanol–water partition coefficient (Wildman–Crippen LogP) is 1.72. The zero-order valence-electron chi connectivity index (χ0n) is 13.0. The lowest BCUT2D eigenvalue weighted by atomic mass is 9.90. The van der Waals surface area contributed by atoms with E-state index in [2.05, 4.69) is 17.0 Å². The molecule has 20 heavy (non-hydrogen) atoms. The van der Waals surface area contributed by atoms with E-state index < -0.39 is 10.2 Å². The number of nitrogens with one attached hydrogen (secondary N) is 2. The van der Waals surface area contributed by atoms with E-state index in [1.165, 1.54) is 23.6 Å². The third-order valence-electron chi connectivity index (χ3n) is 3.94. The van der Waals surface area contributed by atoms with Gasteiger partial charge in [-0.15, -0.1) is 0 Å². The van der Waals surface area contributed by atoms with Gasteiger partial charge in [0.2, 0.25) is 0 Å². The lowest BCUT2D eigenvalue weighted by Crippen LogP contribution is -2.41. The molecule has 1 aliphatic carbocycles. The highest BCUT2D eigenvalue weighted by Gasteiger charge is 2.20. The first kappa shape index (κ1) is 17.9. The van der Waals surface area contributed by atoms with Crippen LogP contribution >= 0.6 is 0 Å². The van der Waals surface area contributed by atoms with E-state index in [1.807, 2.05) is 0 Å². The summed E-state index contributed by atoms with van der Waals surface area (Å²) in [7, 11) is -1.64. The van der Waals surface area contributed by atoms with Gasteiger partial charge in [0.25, 0.3) is 10.2 Å². The molecule has 0 aliphatic heterocycles. The van der Waals surface area contributed by atoms with Gasteiger partial charge in [0.1, 0.15) is 0 Å². The van der Waals surface area contributed by atoms with Gasteiger partial charge >= 0.3 is 0 Å². The fourth-order valence-electron chi connectivity index (χ4n) is 2.57. The molecule has 6 heteroatoms. The molecule has 0 amide bonds. The molecule has 0 saturated heterocycles. The average Bonchev–Trinajstić information content (AvgIpc) is 2.46. The molecule has 0 unspecified atom stereocenters. The van der Waals surface area contributed by atoms with Crippen LogP contribution < -0.4 is 10.0 Å². The molecule has 0 spiro atoms. The maximum Gasteiger partial charge on any atom is 0.279 e. The Balaban J connectivity index is 2.20. The minimum absolute atomic E-state index is 0.526. The Morgan fingerprint density at radius 2 is 1.85 bits per heavy atom. The van der Waals surface area contributed by atoms with Crippen molar-refractivity contribution >= 4 is 10.2 Å². The second-order valence-corrected chi connectivity index (χ2v) is 7.64. The molecular weight excluding hydrogens is 274 g/mol. The van der Waals surface area contributed by atoms with Crippen LogP contribution in [0.25, 0.3) is 0 Å². The summed E-state index contributed by atoms with van der Waals surface area (Å²) in [6.45, 7) is 5.16. The topological polar surface area (TPSA) is 61.4 Å². The maximum absolute atomic E-state index is 12.1. The second kappa shape index (κ2) is 9.71. The normalized spacial score (nSPS) is 17.8. The highest BCUT2D eigenvalue weighted by molar-refractivity contribution is 7.87. The van der Waals surface area contributed by atoms with E-state index in [1.54, 1.807) is 7.05 Å². The van der Waals surface area contributed by atoms with Crippen molar-refractivity contribution in [3.05, 3.63) is 0 Å². The molecule has 120 valence electrons. The molecule has 1 rings (SSSR count). The quantitative estimate of drug-likeness (QED) is 0.604. The van der Waals surface area contributed by atoms with E-state index >= 15 is 0 Å². The van der Waals surface area contributed by atoms with Gasteiger partial charge in [-0.25, -0.2) is 4.72 Å². The molecule has 0 bridgehead atoms. The molecule has 2 N–H and O–H groups in total. The Hall–Kier alpha value is -0.170. The third-order valence-corrected chi connectivity index (χ3v) is 5.48. The molecule has 5 nitrogen and oxygen atoms in total.